The van der Waals surface area contributed by atoms with Crippen LogP contribution in [-0.2, 0) is 4.79 Å². The highest BCUT2D eigenvalue weighted by molar-refractivity contribution is 5.98. The van der Waals surface area contributed by atoms with Crippen LogP contribution in [0.4, 0.5) is 20.2 Å². The van der Waals surface area contributed by atoms with Gasteiger partial charge in [0, 0.05) is 24.9 Å². The number of amides is 1. The molecule has 2 rings (SSSR count). The van der Waals surface area contributed by atoms with Gasteiger partial charge in [-0.15, -0.1) is 12.3 Å². The summed E-state index contributed by atoms with van der Waals surface area (Å²) in [4.78, 5) is 22.7. The zero-order valence-corrected chi connectivity index (χ0v) is 9.60. The second kappa shape index (κ2) is 4.65. The molecule has 1 amide bonds. The van der Waals surface area contributed by atoms with Crippen molar-refractivity contribution >= 4 is 17.3 Å². The molecule has 0 aromatic heterocycles. The number of nitro benzene ring substituents is 1. The van der Waals surface area contributed by atoms with Crippen molar-refractivity contribution in [1.29, 1.82) is 0 Å². The van der Waals surface area contributed by atoms with Crippen molar-refractivity contribution in [2.75, 3.05) is 11.4 Å². The number of carbonyl (C=O) groups excluding carboxylic acids is 1. The van der Waals surface area contributed by atoms with E-state index in [0.717, 1.165) is 4.90 Å². The average Bonchev–Trinajstić information content (AvgIpc) is 2.73. The molecule has 0 bridgehead atoms. The van der Waals surface area contributed by atoms with Crippen molar-refractivity contribution in [2.45, 2.75) is 6.42 Å². The number of rotatable bonds is 2. The third-order valence-electron chi connectivity index (χ3n) is 2.87. The van der Waals surface area contributed by atoms with Gasteiger partial charge in [0.2, 0.25) is 5.91 Å². The molecule has 98 valence electrons. The summed E-state index contributed by atoms with van der Waals surface area (Å²) >= 11 is 0. The van der Waals surface area contributed by atoms with E-state index in [0.29, 0.717) is 12.1 Å². The van der Waals surface area contributed by atoms with E-state index in [1.165, 1.54) is 0 Å². The smallest absolute Gasteiger partial charge is 0.296 e. The third-order valence-corrected chi connectivity index (χ3v) is 2.87. The molecule has 1 fully saturated rings. The van der Waals surface area contributed by atoms with Crippen LogP contribution in [0.15, 0.2) is 12.1 Å². The number of terminal acetylenes is 1. The van der Waals surface area contributed by atoms with E-state index in [4.69, 9.17) is 6.42 Å². The molecule has 0 aliphatic carbocycles. The summed E-state index contributed by atoms with van der Waals surface area (Å²) in [5, 5.41) is 10.8. The summed E-state index contributed by atoms with van der Waals surface area (Å²) in [6.45, 7) is 0.0568. The van der Waals surface area contributed by atoms with Crippen molar-refractivity contribution < 1.29 is 18.5 Å². The summed E-state index contributed by atoms with van der Waals surface area (Å²) in [5.74, 6) is -1.06. The molecule has 7 heteroatoms. The summed E-state index contributed by atoms with van der Waals surface area (Å²) < 4.78 is 26.2. The maximum atomic E-state index is 13.2. The number of nitrogens with zero attached hydrogens (tertiary/aromatic N) is 2. The molecule has 1 aliphatic rings. The van der Waals surface area contributed by atoms with Crippen LogP contribution in [0.2, 0.25) is 0 Å². The third kappa shape index (κ3) is 2.25. The van der Waals surface area contributed by atoms with E-state index in [1.807, 2.05) is 0 Å². The van der Waals surface area contributed by atoms with Crippen molar-refractivity contribution in [3.05, 3.63) is 33.9 Å². The molecular weight excluding hydrogens is 258 g/mol. The predicted molar refractivity (Wildman–Crippen MR) is 62.3 cm³/mol. The van der Waals surface area contributed by atoms with Crippen LogP contribution in [0.5, 0.6) is 0 Å². The molecule has 0 radical (unpaired) electrons. The van der Waals surface area contributed by atoms with Crippen molar-refractivity contribution in [1.82, 2.24) is 0 Å². The van der Waals surface area contributed by atoms with Gasteiger partial charge in [0.15, 0.2) is 11.6 Å². The summed E-state index contributed by atoms with van der Waals surface area (Å²) in [7, 11) is 0. The Morgan fingerprint density at radius 2 is 2.05 bits per heavy atom. The van der Waals surface area contributed by atoms with Crippen molar-refractivity contribution in [3.8, 4) is 12.3 Å². The first-order chi connectivity index (χ1) is 8.93. The lowest BCUT2D eigenvalue weighted by Crippen LogP contribution is -2.25. The van der Waals surface area contributed by atoms with E-state index in [9.17, 15) is 23.7 Å². The summed E-state index contributed by atoms with van der Waals surface area (Å²) in [6, 6.07) is 1.10. The monoisotopic (exact) mass is 266 g/mol. The number of hydrogen-bond donors (Lipinski definition) is 0. The fraction of sp³-hybridized carbons (Fsp3) is 0.250. The first-order valence-electron chi connectivity index (χ1n) is 5.34. The Balaban J connectivity index is 2.50. The largest absolute Gasteiger partial charge is 0.305 e. The van der Waals surface area contributed by atoms with Gasteiger partial charge in [-0.2, -0.15) is 0 Å². The molecule has 0 saturated carbocycles. The molecule has 1 heterocycles. The van der Waals surface area contributed by atoms with Crippen LogP contribution in [0, 0.1) is 40.0 Å². The van der Waals surface area contributed by atoms with Gasteiger partial charge < -0.3 is 4.90 Å². The number of benzene rings is 1. The summed E-state index contributed by atoms with van der Waals surface area (Å²) in [6.07, 6.45) is 5.23. The minimum atomic E-state index is -1.34. The van der Waals surface area contributed by atoms with Crippen LogP contribution in [-0.4, -0.2) is 17.4 Å². The Bertz CT molecular complexity index is 610. The first kappa shape index (κ1) is 13.0. The van der Waals surface area contributed by atoms with Crippen LogP contribution in [0.1, 0.15) is 6.42 Å². The number of nitro groups is 1. The second-order valence-electron chi connectivity index (χ2n) is 4.08. The Hall–Kier alpha value is -2.49. The standard InChI is InChI=1S/C12H8F2N2O3/c1-2-7-3-12(17)15(6-7)10-4-8(13)9(14)5-11(10)16(18)19/h1,4-5,7H,3,6H2. The Kier molecular flexibility index (Phi) is 3.17. The molecule has 19 heavy (non-hydrogen) atoms. The SMILES string of the molecule is C#CC1CC(=O)N(c2cc(F)c(F)cc2[N+](=O)[O-])C1. The highest BCUT2D eigenvalue weighted by atomic mass is 19.2. The molecule has 0 spiro atoms. The Morgan fingerprint density at radius 1 is 1.42 bits per heavy atom. The van der Waals surface area contributed by atoms with Gasteiger partial charge in [0.25, 0.3) is 5.69 Å². The molecule has 1 unspecified atom stereocenters. The molecule has 5 nitrogen and oxygen atoms in total. The molecule has 1 aromatic carbocycles. The van der Waals surface area contributed by atoms with Gasteiger partial charge >= 0.3 is 0 Å². The number of halogens is 2. The van der Waals surface area contributed by atoms with Crippen molar-refractivity contribution in [3.63, 3.8) is 0 Å². The zero-order valence-electron chi connectivity index (χ0n) is 9.60. The van der Waals surface area contributed by atoms with Gasteiger partial charge in [0.05, 0.1) is 11.0 Å². The van der Waals surface area contributed by atoms with Crippen LogP contribution >= 0.6 is 0 Å². The lowest BCUT2D eigenvalue weighted by atomic mass is 10.1. The normalized spacial score (nSPS) is 18.5. The zero-order chi connectivity index (χ0) is 14.2. The van der Waals surface area contributed by atoms with Gasteiger partial charge in [-0.3, -0.25) is 14.9 Å². The van der Waals surface area contributed by atoms with Crippen LogP contribution in [0.25, 0.3) is 0 Å². The van der Waals surface area contributed by atoms with E-state index >= 15 is 0 Å². The predicted octanol–water partition coefficient (Wildman–Crippen LogP) is 1.86. The lowest BCUT2D eigenvalue weighted by molar-refractivity contribution is -0.384. The molecule has 1 atom stereocenters. The second-order valence-corrected chi connectivity index (χ2v) is 4.08. The minimum absolute atomic E-state index is 0.0344. The Labute approximate surface area is 107 Å². The van der Waals surface area contributed by atoms with E-state index in [2.05, 4.69) is 5.92 Å². The van der Waals surface area contributed by atoms with Crippen LogP contribution in [0.3, 0.4) is 0 Å². The van der Waals surface area contributed by atoms with E-state index in [1.54, 1.807) is 0 Å². The quantitative estimate of drug-likeness (QED) is 0.466. The maximum absolute atomic E-state index is 13.2. The molecule has 1 aliphatic heterocycles. The molecule has 1 aromatic rings. The topological polar surface area (TPSA) is 63.5 Å². The highest BCUT2D eigenvalue weighted by Gasteiger charge is 2.34. The Morgan fingerprint density at radius 3 is 2.58 bits per heavy atom. The maximum Gasteiger partial charge on any atom is 0.296 e. The number of hydrogen-bond acceptors (Lipinski definition) is 3. The van der Waals surface area contributed by atoms with Gasteiger partial charge in [-0.1, -0.05) is 0 Å². The fourth-order valence-electron chi connectivity index (χ4n) is 1.94. The van der Waals surface area contributed by atoms with Crippen LogP contribution < -0.4 is 4.90 Å². The van der Waals surface area contributed by atoms with Gasteiger partial charge in [-0.25, -0.2) is 8.78 Å². The van der Waals surface area contributed by atoms with Gasteiger partial charge in [-0.05, 0) is 0 Å². The fourth-order valence-corrected chi connectivity index (χ4v) is 1.94. The molecule has 0 N–H and O–H groups in total. The lowest BCUT2D eigenvalue weighted by Gasteiger charge is -2.16. The van der Waals surface area contributed by atoms with Crippen molar-refractivity contribution in [2.24, 2.45) is 5.92 Å². The molecular formula is C12H8F2N2O3. The number of anilines is 1. The highest BCUT2D eigenvalue weighted by Crippen LogP contribution is 2.34. The van der Waals surface area contributed by atoms with E-state index < -0.39 is 28.2 Å². The average molecular weight is 266 g/mol. The minimum Gasteiger partial charge on any atom is -0.305 e. The van der Waals surface area contributed by atoms with Gasteiger partial charge in [0.1, 0.15) is 5.69 Å². The van der Waals surface area contributed by atoms with E-state index in [-0.39, 0.29) is 24.6 Å². The first-order valence-corrected chi connectivity index (χ1v) is 5.34. The summed E-state index contributed by atoms with van der Waals surface area (Å²) in [5.41, 5.74) is -0.934. The number of carbonyl (C=O) groups is 1. The molecule has 1 saturated heterocycles.